The summed E-state index contributed by atoms with van der Waals surface area (Å²) in [6.07, 6.45) is -4.08. The van der Waals surface area contributed by atoms with Crippen molar-refractivity contribution in [3.05, 3.63) is 35.4 Å². The van der Waals surface area contributed by atoms with E-state index >= 15 is 0 Å². The first-order valence-corrected chi connectivity index (χ1v) is 5.85. The molecule has 2 nitrogen and oxygen atoms in total. The summed E-state index contributed by atoms with van der Waals surface area (Å²) in [5.74, 6) is 0. The van der Waals surface area contributed by atoms with Gasteiger partial charge in [0, 0.05) is 13.2 Å². The number of aliphatic hydroxyl groups is 1. The van der Waals surface area contributed by atoms with Crippen LogP contribution in [0.4, 0.5) is 13.2 Å². The quantitative estimate of drug-likeness (QED) is 0.798. The van der Waals surface area contributed by atoms with Gasteiger partial charge in [0.1, 0.15) is 0 Å². The number of benzene rings is 1. The summed E-state index contributed by atoms with van der Waals surface area (Å²) in [4.78, 5) is 0. The Morgan fingerprint density at radius 3 is 2.33 bits per heavy atom. The lowest BCUT2D eigenvalue weighted by Crippen LogP contribution is -2.14. The number of ether oxygens (including phenoxy) is 1. The molecule has 1 rings (SSSR count). The number of aliphatic hydroxyl groups excluding tert-OH is 1. The van der Waals surface area contributed by atoms with E-state index in [1.807, 2.05) is 6.92 Å². The van der Waals surface area contributed by atoms with Crippen LogP contribution in [0.25, 0.3) is 0 Å². The van der Waals surface area contributed by atoms with Crippen molar-refractivity contribution < 1.29 is 23.0 Å². The van der Waals surface area contributed by atoms with Crippen LogP contribution in [0.3, 0.4) is 0 Å². The zero-order valence-corrected chi connectivity index (χ0v) is 10.2. The van der Waals surface area contributed by atoms with Crippen molar-refractivity contribution in [2.75, 3.05) is 13.2 Å². The molecule has 18 heavy (non-hydrogen) atoms. The largest absolute Gasteiger partial charge is 0.416 e. The molecule has 0 aromatic heterocycles. The van der Waals surface area contributed by atoms with Gasteiger partial charge in [0.15, 0.2) is 0 Å². The summed E-state index contributed by atoms with van der Waals surface area (Å²) in [5.41, 5.74) is 0.0158. The first kappa shape index (κ1) is 15.0. The molecular formula is C13H17F3O2. The zero-order chi connectivity index (χ0) is 13.6. The molecule has 0 bridgehead atoms. The molecule has 0 saturated heterocycles. The van der Waals surface area contributed by atoms with Gasteiger partial charge in [-0.3, -0.25) is 0 Å². The van der Waals surface area contributed by atoms with E-state index < -0.39 is 17.8 Å². The predicted octanol–water partition coefficient (Wildman–Crippen LogP) is 3.04. The van der Waals surface area contributed by atoms with Crippen LogP contribution < -0.4 is 0 Å². The summed E-state index contributed by atoms with van der Waals surface area (Å²) < 4.78 is 42.1. The molecule has 0 heterocycles. The Bertz CT molecular complexity index is 346. The minimum Gasteiger partial charge on any atom is -0.393 e. The number of hydrogen-bond donors (Lipinski definition) is 1. The fourth-order valence-electron chi connectivity index (χ4n) is 1.57. The molecule has 1 aromatic rings. The van der Waals surface area contributed by atoms with Crippen LogP contribution in [0.2, 0.25) is 0 Å². The fourth-order valence-corrected chi connectivity index (χ4v) is 1.57. The lowest BCUT2D eigenvalue weighted by molar-refractivity contribution is -0.137. The third-order valence-electron chi connectivity index (χ3n) is 2.55. The molecular weight excluding hydrogens is 245 g/mol. The molecule has 0 radical (unpaired) electrons. The van der Waals surface area contributed by atoms with Gasteiger partial charge in [-0.2, -0.15) is 13.2 Å². The molecule has 0 spiro atoms. The topological polar surface area (TPSA) is 29.5 Å². The summed E-state index contributed by atoms with van der Waals surface area (Å²) >= 11 is 0. The van der Waals surface area contributed by atoms with Crippen LogP contribution in [0, 0.1) is 0 Å². The van der Waals surface area contributed by atoms with E-state index in [-0.39, 0.29) is 0 Å². The highest BCUT2D eigenvalue weighted by Gasteiger charge is 2.29. The highest BCUT2D eigenvalue weighted by molar-refractivity contribution is 5.25. The standard InChI is InChI=1S/C13H17F3O2/c1-2-18-8-7-12(17)9-10-3-5-11(6-4-10)13(14,15)16/h3-6,12,17H,2,7-9H2,1H3. The average Bonchev–Trinajstić information content (AvgIpc) is 2.29. The number of halogens is 3. The van der Waals surface area contributed by atoms with Gasteiger partial charge in [-0.15, -0.1) is 0 Å². The fraction of sp³-hybridized carbons (Fsp3) is 0.538. The van der Waals surface area contributed by atoms with E-state index in [9.17, 15) is 18.3 Å². The van der Waals surface area contributed by atoms with Crippen molar-refractivity contribution in [3.63, 3.8) is 0 Å². The minimum absolute atomic E-state index is 0.339. The van der Waals surface area contributed by atoms with Crippen LogP contribution >= 0.6 is 0 Å². The highest BCUT2D eigenvalue weighted by Crippen LogP contribution is 2.29. The van der Waals surface area contributed by atoms with E-state index in [0.717, 1.165) is 12.1 Å². The van der Waals surface area contributed by atoms with E-state index in [1.54, 1.807) is 0 Å². The van der Waals surface area contributed by atoms with Crippen LogP contribution in [0.1, 0.15) is 24.5 Å². The average molecular weight is 262 g/mol. The third-order valence-corrected chi connectivity index (χ3v) is 2.55. The molecule has 102 valence electrons. The van der Waals surface area contributed by atoms with Crippen LogP contribution in [0.5, 0.6) is 0 Å². The molecule has 0 fully saturated rings. The Morgan fingerprint density at radius 2 is 1.83 bits per heavy atom. The Hall–Kier alpha value is -1.07. The molecule has 0 aliphatic carbocycles. The van der Waals surface area contributed by atoms with E-state index in [0.29, 0.717) is 31.6 Å². The minimum atomic E-state index is -4.31. The summed E-state index contributed by atoms with van der Waals surface area (Å²) in [7, 11) is 0. The second-order valence-corrected chi connectivity index (χ2v) is 4.04. The molecule has 0 aliphatic rings. The first-order chi connectivity index (χ1) is 8.43. The second kappa shape index (κ2) is 6.75. The van der Waals surface area contributed by atoms with Gasteiger partial charge in [0.2, 0.25) is 0 Å². The van der Waals surface area contributed by atoms with E-state index in [2.05, 4.69) is 0 Å². The predicted molar refractivity (Wildman–Crippen MR) is 62.3 cm³/mol. The molecule has 5 heteroatoms. The van der Waals surface area contributed by atoms with E-state index in [4.69, 9.17) is 4.74 Å². The smallest absolute Gasteiger partial charge is 0.393 e. The van der Waals surface area contributed by atoms with Gasteiger partial charge in [0.05, 0.1) is 11.7 Å². The normalized spacial score (nSPS) is 13.6. The van der Waals surface area contributed by atoms with Gasteiger partial charge in [-0.25, -0.2) is 0 Å². The Labute approximate surface area is 104 Å². The molecule has 1 unspecified atom stereocenters. The second-order valence-electron chi connectivity index (χ2n) is 4.04. The Morgan fingerprint density at radius 1 is 1.22 bits per heavy atom. The van der Waals surface area contributed by atoms with Crippen molar-refractivity contribution in [1.82, 2.24) is 0 Å². The van der Waals surface area contributed by atoms with Crippen molar-refractivity contribution in [2.45, 2.75) is 32.0 Å². The lowest BCUT2D eigenvalue weighted by atomic mass is 10.0. The first-order valence-electron chi connectivity index (χ1n) is 5.85. The van der Waals surface area contributed by atoms with Gasteiger partial charge in [0.25, 0.3) is 0 Å². The van der Waals surface area contributed by atoms with Crippen LogP contribution in [-0.4, -0.2) is 24.4 Å². The van der Waals surface area contributed by atoms with Gasteiger partial charge in [-0.1, -0.05) is 12.1 Å². The molecule has 0 saturated carbocycles. The maximum Gasteiger partial charge on any atom is 0.416 e. The SMILES string of the molecule is CCOCCC(O)Cc1ccc(C(F)(F)F)cc1. The third kappa shape index (κ3) is 5.06. The highest BCUT2D eigenvalue weighted by atomic mass is 19.4. The monoisotopic (exact) mass is 262 g/mol. The van der Waals surface area contributed by atoms with Crippen molar-refractivity contribution in [3.8, 4) is 0 Å². The van der Waals surface area contributed by atoms with Gasteiger partial charge < -0.3 is 9.84 Å². The Balaban J connectivity index is 2.48. The summed E-state index contributed by atoms with van der Waals surface area (Å²) in [5, 5.41) is 9.66. The summed E-state index contributed by atoms with van der Waals surface area (Å²) in [6, 6.07) is 4.86. The molecule has 0 aliphatic heterocycles. The molecule has 1 aromatic carbocycles. The summed E-state index contributed by atoms with van der Waals surface area (Å²) in [6.45, 7) is 2.91. The number of rotatable bonds is 6. The maximum atomic E-state index is 12.3. The van der Waals surface area contributed by atoms with Crippen molar-refractivity contribution in [1.29, 1.82) is 0 Å². The van der Waals surface area contributed by atoms with E-state index in [1.165, 1.54) is 12.1 Å². The number of alkyl halides is 3. The maximum absolute atomic E-state index is 12.3. The van der Waals surface area contributed by atoms with Crippen molar-refractivity contribution in [2.24, 2.45) is 0 Å². The zero-order valence-electron chi connectivity index (χ0n) is 10.2. The van der Waals surface area contributed by atoms with Crippen LogP contribution in [-0.2, 0) is 17.3 Å². The lowest BCUT2D eigenvalue weighted by Gasteiger charge is -2.11. The van der Waals surface area contributed by atoms with Crippen molar-refractivity contribution >= 4 is 0 Å². The van der Waals surface area contributed by atoms with Gasteiger partial charge >= 0.3 is 6.18 Å². The molecule has 0 amide bonds. The van der Waals surface area contributed by atoms with Crippen LogP contribution in [0.15, 0.2) is 24.3 Å². The molecule has 1 N–H and O–H groups in total. The van der Waals surface area contributed by atoms with Gasteiger partial charge in [-0.05, 0) is 37.5 Å². The number of hydrogen-bond acceptors (Lipinski definition) is 2. The molecule has 1 atom stereocenters. The Kier molecular flexibility index (Phi) is 5.62.